The third kappa shape index (κ3) is 1.99. The molecule has 2 rings (SSSR count). The summed E-state index contributed by atoms with van der Waals surface area (Å²) in [4.78, 5) is 11.5. The maximum atomic E-state index is 13.0. The van der Waals surface area contributed by atoms with E-state index in [0.717, 1.165) is 0 Å². The van der Waals surface area contributed by atoms with Crippen LogP contribution in [0.1, 0.15) is 0 Å². The fraction of sp³-hybridized carbons (Fsp3) is 0.0833. The van der Waals surface area contributed by atoms with Gasteiger partial charge in [0.25, 0.3) is 5.56 Å². The van der Waals surface area contributed by atoms with Crippen molar-refractivity contribution in [3.63, 3.8) is 0 Å². The molecule has 0 saturated carbocycles. The fourth-order valence-corrected chi connectivity index (χ4v) is 1.64. The van der Waals surface area contributed by atoms with Crippen LogP contribution in [0.25, 0.3) is 11.1 Å². The van der Waals surface area contributed by atoms with E-state index in [4.69, 9.17) is 11.6 Å². The van der Waals surface area contributed by atoms with Gasteiger partial charge in [-0.2, -0.15) is 0 Å². The van der Waals surface area contributed by atoms with Gasteiger partial charge in [0.15, 0.2) is 0 Å². The highest BCUT2D eigenvalue weighted by molar-refractivity contribution is 6.29. The van der Waals surface area contributed by atoms with Gasteiger partial charge in [0.2, 0.25) is 0 Å². The second-order valence-electron chi connectivity index (χ2n) is 3.47. The van der Waals surface area contributed by atoms with Gasteiger partial charge in [0.05, 0.1) is 0 Å². The van der Waals surface area contributed by atoms with Gasteiger partial charge >= 0.3 is 0 Å². The molecular weight excluding hydrogens is 229 g/mol. The number of pyridine rings is 1. The minimum Gasteiger partial charge on any atom is -0.302 e. The van der Waals surface area contributed by atoms with Crippen LogP contribution in [0.5, 0.6) is 0 Å². The molecule has 0 aliphatic carbocycles. The van der Waals surface area contributed by atoms with Crippen molar-refractivity contribution in [2.45, 2.75) is 0 Å². The molecule has 1 aromatic heterocycles. The van der Waals surface area contributed by atoms with E-state index < -0.39 is 0 Å². The van der Waals surface area contributed by atoms with E-state index in [-0.39, 0.29) is 11.4 Å². The van der Waals surface area contributed by atoms with Crippen LogP contribution >= 0.6 is 11.6 Å². The van der Waals surface area contributed by atoms with Gasteiger partial charge in [-0.25, -0.2) is 4.39 Å². The van der Waals surface area contributed by atoms with Crippen LogP contribution in [0.3, 0.4) is 0 Å². The summed E-state index contributed by atoms with van der Waals surface area (Å²) in [6.45, 7) is 0. The minimum absolute atomic E-state index is 0.216. The summed E-state index contributed by atoms with van der Waals surface area (Å²) in [5.41, 5.74) is 1.04. The Hall–Kier alpha value is -1.61. The van der Waals surface area contributed by atoms with Crippen LogP contribution in [0.4, 0.5) is 4.39 Å². The first kappa shape index (κ1) is 10.9. The maximum absolute atomic E-state index is 13.0. The Balaban J connectivity index is 2.61. The summed E-state index contributed by atoms with van der Waals surface area (Å²) >= 11 is 5.88. The van der Waals surface area contributed by atoms with Gasteiger partial charge in [-0.05, 0) is 29.3 Å². The third-order valence-corrected chi connectivity index (χ3v) is 2.73. The Morgan fingerprint density at radius 1 is 1.19 bits per heavy atom. The first-order chi connectivity index (χ1) is 7.58. The number of hydrogen-bond donors (Lipinski definition) is 0. The van der Waals surface area contributed by atoms with Gasteiger partial charge in [-0.15, -0.1) is 0 Å². The molecule has 82 valence electrons. The molecule has 0 aliphatic rings. The van der Waals surface area contributed by atoms with Gasteiger partial charge in [0, 0.05) is 13.1 Å². The Morgan fingerprint density at radius 2 is 1.94 bits per heavy atom. The zero-order valence-electron chi connectivity index (χ0n) is 8.58. The Bertz CT molecular complexity index is 592. The Kier molecular flexibility index (Phi) is 2.79. The number of benzene rings is 1. The first-order valence-electron chi connectivity index (χ1n) is 4.70. The van der Waals surface area contributed by atoms with Crippen LogP contribution < -0.4 is 5.56 Å². The molecule has 0 atom stereocenters. The van der Waals surface area contributed by atoms with E-state index in [9.17, 15) is 9.18 Å². The molecule has 0 aliphatic heterocycles. The summed E-state index contributed by atoms with van der Waals surface area (Å²) in [6, 6.07) is 9.11. The monoisotopic (exact) mass is 237 g/mol. The van der Waals surface area contributed by atoms with E-state index in [2.05, 4.69) is 0 Å². The van der Waals surface area contributed by atoms with Crippen molar-refractivity contribution in [3.8, 4) is 11.1 Å². The summed E-state index contributed by atoms with van der Waals surface area (Å²) < 4.78 is 14.3. The maximum Gasteiger partial charge on any atom is 0.252 e. The van der Waals surface area contributed by atoms with Gasteiger partial charge < -0.3 is 4.57 Å². The largest absolute Gasteiger partial charge is 0.302 e. The minimum atomic E-state index is -0.339. The van der Waals surface area contributed by atoms with Gasteiger partial charge in [-0.1, -0.05) is 23.7 Å². The molecule has 0 bridgehead atoms. The molecule has 0 fully saturated rings. The SMILES string of the molecule is Cn1c(Cl)cc(-c2cccc(F)c2)cc1=O. The zero-order chi connectivity index (χ0) is 11.7. The molecule has 0 amide bonds. The Morgan fingerprint density at radius 3 is 2.56 bits per heavy atom. The molecular formula is C12H9ClFNO. The van der Waals surface area contributed by atoms with E-state index in [1.165, 1.54) is 22.8 Å². The van der Waals surface area contributed by atoms with Crippen LogP contribution in [-0.4, -0.2) is 4.57 Å². The highest BCUT2D eigenvalue weighted by atomic mass is 35.5. The van der Waals surface area contributed by atoms with Crippen molar-refractivity contribution in [1.82, 2.24) is 4.57 Å². The lowest BCUT2D eigenvalue weighted by Crippen LogP contribution is -2.15. The molecule has 0 saturated heterocycles. The lowest BCUT2D eigenvalue weighted by Gasteiger charge is -2.05. The number of aromatic nitrogens is 1. The summed E-state index contributed by atoms with van der Waals surface area (Å²) in [6.07, 6.45) is 0. The lowest BCUT2D eigenvalue weighted by atomic mass is 10.1. The second-order valence-corrected chi connectivity index (χ2v) is 3.86. The zero-order valence-corrected chi connectivity index (χ0v) is 9.33. The molecule has 2 nitrogen and oxygen atoms in total. The highest BCUT2D eigenvalue weighted by Gasteiger charge is 2.04. The molecule has 4 heteroatoms. The normalized spacial score (nSPS) is 10.4. The number of hydrogen-bond acceptors (Lipinski definition) is 1. The van der Waals surface area contributed by atoms with Gasteiger partial charge in [0.1, 0.15) is 11.0 Å². The average Bonchev–Trinajstić information content (AvgIpc) is 2.25. The summed E-state index contributed by atoms with van der Waals surface area (Å²) in [5.74, 6) is -0.339. The van der Waals surface area contributed by atoms with Crippen molar-refractivity contribution in [2.75, 3.05) is 0 Å². The molecule has 0 unspecified atom stereocenters. The molecule has 0 radical (unpaired) electrons. The molecule has 1 aromatic carbocycles. The summed E-state index contributed by atoms with van der Waals surface area (Å²) in [5, 5.41) is 0.326. The number of rotatable bonds is 1. The van der Waals surface area contributed by atoms with Crippen molar-refractivity contribution in [1.29, 1.82) is 0 Å². The third-order valence-electron chi connectivity index (χ3n) is 2.36. The van der Waals surface area contributed by atoms with Crippen LogP contribution in [-0.2, 0) is 7.05 Å². The average molecular weight is 238 g/mol. The van der Waals surface area contributed by atoms with Crippen LogP contribution in [0.2, 0.25) is 5.15 Å². The standard InChI is InChI=1S/C12H9ClFNO/c1-15-11(13)6-9(7-12(15)16)8-3-2-4-10(14)5-8/h2-7H,1H3. The molecule has 2 aromatic rings. The molecule has 0 spiro atoms. The predicted molar refractivity (Wildman–Crippen MR) is 62.1 cm³/mol. The van der Waals surface area contributed by atoms with Crippen LogP contribution in [0, 0.1) is 5.82 Å². The van der Waals surface area contributed by atoms with Crippen molar-refractivity contribution in [2.24, 2.45) is 7.05 Å². The van der Waals surface area contributed by atoms with Crippen molar-refractivity contribution in [3.05, 3.63) is 57.7 Å². The van der Waals surface area contributed by atoms with E-state index in [1.54, 1.807) is 25.2 Å². The Labute approximate surface area is 96.9 Å². The van der Waals surface area contributed by atoms with E-state index in [1.807, 2.05) is 0 Å². The lowest BCUT2D eigenvalue weighted by molar-refractivity contribution is 0.628. The number of nitrogens with zero attached hydrogens (tertiary/aromatic N) is 1. The molecule has 1 heterocycles. The smallest absolute Gasteiger partial charge is 0.252 e. The predicted octanol–water partition coefficient (Wildman–Crippen LogP) is 2.84. The van der Waals surface area contributed by atoms with E-state index >= 15 is 0 Å². The fourth-order valence-electron chi connectivity index (χ4n) is 1.44. The molecule has 16 heavy (non-hydrogen) atoms. The second kappa shape index (κ2) is 4.10. The first-order valence-corrected chi connectivity index (χ1v) is 5.08. The molecule has 0 N–H and O–H groups in total. The van der Waals surface area contributed by atoms with Crippen LogP contribution in [0.15, 0.2) is 41.2 Å². The topological polar surface area (TPSA) is 22.0 Å². The summed E-state index contributed by atoms with van der Waals surface area (Å²) in [7, 11) is 1.58. The van der Waals surface area contributed by atoms with E-state index in [0.29, 0.717) is 16.3 Å². The van der Waals surface area contributed by atoms with Crippen molar-refractivity contribution >= 4 is 11.6 Å². The highest BCUT2D eigenvalue weighted by Crippen LogP contribution is 2.21. The number of halogens is 2. The quantitative estimate of drug-likeness (QED) is 0.699. The van der Waals surface area contributed by atoms with Crippen molar-refractivity contribution < 1.29 is 4.39 Å². The van der Waals surface area contributed by atoms with Gasteiger partial charge in [-0.3, -0.25) is 4.79 Å².